The molecule has 4 rings (SSSR count). The van der Waals surface area contributed by atoms with Crippen molar-refractivity contribution < 1.29 is 0 Å². The number of aromatic nitrogens is 3. The predicted molar refractivity (Wildman–Crippen MR) is 104 cm³/mol. The van der Waals surface area contributed by atoms with E-state index in [1.165, 1.54) is 0 Å². The first-order valence-corrected chi connectivity index (χ1v) is 8.99. The van der Waals surface area contributed by atoms with Crippen LogP contribution in [0.5, 0.6) is 0 Å². The van der Waals surface area contributed by atoms with E-state index in [0.717, 1.165) is 26.2 Å². The van der Waals surface area contributed by atoms with Gasteiger partial charge in [0.15, 0.2) is 5.82 Å². The van der Waals surface area contributed by atoms with Crippen LogP contribution in [0, 0.1) is 11.3 Å². The number of anilines is 1. The second-order valence-electron chi connectivity index (χ2n) is 5.69. The normalized spacial score (nSPS) is 10.8. The Morgan fingerprint density at radius 3 is 2.85 bits per heavy atom. The lowest BCUT2D eigenvalue weighted by molar-refractivity contribution is 1.17. The van der Waals surface area contributed by atoms with Gasteiger partial charge in [0.05, 0.1) is 17.0 Å². The van der Waals surface area contributed by atoms with Crippen LogP contribution < -0.4 is 5.73 Å². The number of nitriles is 1. The molecule has 0 aliphatic carbocycles. The van der Waals surface area contributed by atoms with E-state index in [-0.39, 0.29) is 0 Å². The summed E-state index contributed by atoms with van der Waals surface area (Å²) >= 11 is 7.70. The number of nitrogens with two attached hydrogens (primary N) is 1. The van der Waals surface area contributed by atoms with Gasteiger partial charge in [0.25, 0.3) is 0 Å². The van der Waals surface area contributed by atoms with Crippen molar-refractivity contribution in [1.82, 2.24) is 15.0 Å². The predicted octanol–water partition coefficient (Wildman–Crippen LogP) is 4.45. The summed E-state index contributed by atoms with van der Waals surface area (Å²) in [4.78, 5) is 15.0. The van der Waals surface area contributed by atoms with Crippen LogP contribution in [-0.4, -0.2) is 15.0 Å². The van der Waals surface area contributed by atoms with Gasteiger partial charge < -0.3 is 5.73 Å². The molecule has 2 N–H and O–H groups in total. The number of hydrogen-bond donors (Lipinski definition) is 1. The summed E-state index contributed by atoms with van der Waals surface area (Å²) in [7, 11) is 0. The van der Waals surface area contributed by atoms with Crippen molar-refractivity contribution >= 4 is 39.0 Å². The third kappa shape index (κ3) is 3.10. The van der Waals surface area contributed by atoms with Crippen LogP contribution >= 0.6 is 22.9 Å². The number of fused-ring (bicyclic) bond motifs is 1. The summed E-state index contributed by atoms with van der Waals surface area (Å²) in [5.41, 5.74) is 8.43. The Morgan fingerprint density at radius 1 is 1.15 bits per heavy atom. The molecule has 5 nitrogen and oxygen atoms in total. The van der Waals surface area contributed by atoms with Crippen LogP contribution in [0.2, 0.25) is 5.15 Å². The number of nitrogens with zero attached hydrogens (tertiary/aromatic N) is 4. The van der Waals surface area contributed by atoms with Crippen LogP contribution in [0.3, 0.4) is 0 Å². The van der Waals surface area contributed by atoms with Gasteiger partial charge in [0.2, 0.25) is 0 Å². The molecule has 0 aliphatic rings. The van der Waals surface area contributed by atoms with Gasteiger partial charge in [-0.05, 0) is 29.8 Å². The highest BCUT2D eigenvalue weighted by molar-refractivity contribution is 7.18. The standard InChI is InChI=1S/C19H12ClN5S/c20-16-12(5-2-6-23-16)8-14-9-15-17(22)24-18(25-19(15)26-14)13-4-1-3-11(7-13)10-21/h1-7,9H,8H2,(H2,22,24,25). The lowest BCUT2D eigenvalue weighted by Gasteiger charge is -2.02. The minimum atomic E-state index is 0.423. The molecule has 0 spiro atoms. The highest BCUT2D eigenvalue weighted by Gasteiger charge is 2.13. The molecule has 26 heavy (non-hydrogen) atoms. The molecule has 0 amide bonds. The van der Waals surface area contributed by atoms with Crippen molar-refractivity contribution in [2.45, 2.75) is 6.42 Å². The van der Waals surface area contributed by atoms with E-state index < -0.39 is 0 Å². The molecule has 7 heteroatoms. The van der Waals surface area contributed by atoms with E-state index in [1.54, 1.807) is 29.7 Å². The first kappa shape index (κ1) is 16.5. The summed E-state index contributed by atoms with van der Waals surface area (Å²) in [6.45, 7) is 0. The van der Waals surface area contributed by atoms with Gasteiger partial charge in [-0.3, -0.25) is 0 Å². The summed E-state index contributed by atoms with van der Waals surface area (Å²) in [6.07, 6.45) is 2.33. The number of thiophene rings is 1. The van der Waals surface area contributed by atoms with Crippen LogP contribution in [-0.2, 0) is 6.42 Å². The first-order valence-electron chi connectivity index (χ1n) is 7.80. The van der Waals surface area contributed by atoms with E-state index in [2.05, 4.69) is 21.0 Å². The van der Waals surface area contributed by atoms with Crippen LogP contribution in [0.4, 0.5) is 5.82 Å². The molecule has 0 saturated carbocycles. The summed E-state index contributed by atoms with van der Waals surface area (Å²) in [5.74, 6) is 0.937. The minimum absolute atomic E-state index is 0.423. The van der Waals surface area contributed by atoms with Gasteiger partial charge in [0, 0.05) is 23.1 Å². The largest absolute Gasteiger partial charge is 0.383 e. The minimum Gasteiger partial charge on any atom is -0.383 e. The number of benzene rings is 1. The first-order chi connectivity index (χ1) is 12.6. The molecule has 0 radical (unpaired) electrons. The Bertz CT molecular complexity index is 1160. The van der Waals surface area contributed by atoms with Gasteiger partial charge in [0.1, 0.15) is 15.8 Å². The molecule has 0 fully saturated rings. The quantitative estimate of drug-likeness (QED) is 0.533. The molecule has 0 unspecified atom stereocenters. The number of nitrogen functional groups attached to an aromatic ring is 1. The highest BCUT2D eigenvalue weighted by atomic mass is 35.5. The zero-order valence-corrected chi connectivity index (χ0v) is 15.1. The van der Waals surface area contributed by atoms with E-state index in [0.29, 0.717) is 28.8 Å². The molecule has 0 aliphatic heterocycles. The van der Waals surface area contributed by atoms with Crippen LogP contribution in [0.15, 0.2) is 48.7 Å². The van der Waals surface area contributed by atoms with Gasteiger partial charge in [-0.2, -0.15) is 5.26 Å². The van der Waals surface area contributed by atoms with Gasteiger partial charge in [-0.1, -0.05) is 29.8 Å². The summed E-state index contributed by atoms with van der Waals surface area (Å²) < 4.78 is 0. The van der Waals surface area contributed by atoms with E-state index in [1.807, 2.05) is 30.3 Å². The molecule has 1 aromatic carbocycles. The molecule has 0 bridgehead atoms. The Morgan fingerprint density at radius 2 is 2.04 bits per heavy atom. The fraction of sp³-hybridized carbons (Fsp3) is 0.0526. The Kier molecular flexibility index (Phi) is 4.25. The average molecular weight is 378 g/mol. The Balaban J connectivity index is 1.76. The average Bonchev–Trinajstić information content (AvgIpc) is 3.07. The molecular formula is C19H12ClN5S. The number of rotatable bonds is 3. The van der Waals surface area contributed by atoms with Crippen molar-refractivity contribution in [2.24, 2.45) is 0 Å². The number of hydrogen-bond acceptors (Lipinski definition) is 6. The van der Waals surface area contributed by atoms with Gasteiger partial charge >= 0.3 is 0 Å². The molecule has 0 atom stereocenters. The van der Waals surface area contributed by atoms with Crippen molar-refractivity contribution in [3.8, 4) is 17.5 Å². The molecule has 4 aromatic rings. The second kappa shape index (κ2) is 6.71. The Labute approximate surface area is 158 Å². The molecule has 3 heterocycles. The highest BCUT2D eigenvalue weighted by Crippen LogP contribution is 2.32. The third-order valence-electron chi connectivity index (χ3n) is 3.92. The van der Waals surface area contributed by atoms with Gasteiger partial charge in [-0.25, -0.2) is 15.0 Å². The fourth-order valence-electron chi connectivity index (χ4n) is 2.68. The van der Waals surface area contributed by atoms with Gasteiger partial charge in [-0.15, -0.1) is 11.3 Å². The monoisotopic (exact) mass is 377 g/mol. The fourth-order valence-corrected chi connectivity index (χ4v) is 3.92. The van der Waals surface area contributed by atoms with Crippen LogP contribution in [0.25, 0.3) is 21.6 Å². The van der Waals surface area contributed by atoms with Crippen LogP contribution in [0.1, 0.15) is 16.0 Å². The Hall–Kier alpha value is -3.01. The van der Waals surface area contributed by atoms with Crippen molar-refractivity contribution in [3.63, 3.8) is 0 Å². The van der Waals surface area contributed by atoms with Crippen molar-refractivity contribution in [2.75, 3.05) is 5.73 Å². The molecule has 0 saturated heterocycles. The molecule has 126 valence electrons. The zero-order valence-electron chi connectivity index (χ0n) is 13.5. The lowest BCUT2D eigenvalue weighted by Crippen LogP contribution is -1.96. The number of pyridine rings is 1. The molecule has 3 aromatic heterocycles. The smallest absolute Gasteiger partial charge is 0.163 e. The second-order valence-corrected chi connectivity index (χ2v) is 7.16. The van der Waals surface area contributed by atoms with Crippen molar-refractivity contribution in [1.29, 1.82) is 5.26 Å². The summed E-state index contributed by atoms with van der Waals surface area (Å²) in [6, 6.07) is 15.1. The number of halogens is 1. The van der Waals surface area contributed by atoms with E-state index in [9.17, 15) is 0 Å². The lowest BCUT2D eigenvalue weighted by atomic mass is 10.1. The molecular weight excluding hydrogens is 366 g/mol. The zero-order chi connectivity index (χ0) is 18.1. The van der Waals surface area contributed by atoms with E-state index >= 15 is 0 Å². The maximum absolute atomic E-state index is 9.07. The van der Waals surface area contributed by atoms with Crippen molar-refractivity contribution in [3.05, 3.63) is 69.8 Å². The maximum Gasteiger partial charge on any atom is 0.163 e. The maximum atomic E-state index is 9.07. The SMILES string of the molecule is N#Cc1cccc(-c2nc(N)c3cc(Cc4cccnc4Cl)sc3n2)c1. The topological polar surface area (TPSA) is 88.5 Å². The summed E-state index contributed by atoms with van der Waals surface area (Å²) in [5, 5.41) is 10.4. The third-order valence-corrected chi connectivity index (χ3v) is 5.29. The van der Waals surface area contributed by atoms with E-state index in [4.69, 9.17) is 22.6 Å².